The van der Waals surface area contributed by atoms with Crippen molar-refractivity contribution in [1.29, 1.82) is 0 Å². The van der Waals surface area contributed by atoms with Crippen molar-refractivity contribution < 1.29 is 24.3 Å². The lowest BCUT2D eigenvalue weighted by Crippen LogP contribution is -2.57. The van der Waals surface area contributed by atoms with Gasteiger partial charge in [0, 0.05) is 0 Å². The molecule has 14 heavy (non-hydrogen) atoms. The van der Waals surface area contributed by atoms with Crippen LogP contribution < -0.4 is 10.2 Å². The first-order valence-corrected chi connectivity index (χ1v) is 4.37. The van der Waals surface area contributed by atoms with Crippen molar-refractivity contribution in [2.24, 2.45) is 0 Å². The summed E-state index contributed by atoms with van der Waals surface area (Å²) in [6.45, 7) is 1.09. The van der Waals surface area contributed by atoms with Gasteiger partial charge in [0.05, 0.1) is 25.0 Å². The average Bonchev–Trinajstić information content (AvgIpc) is 2.28. The van der Waals surface area contributed by atoms with Gasteiger partial charge in [0.2, 0.25) is 0 Å². The number of carboxylic acid groups (broad SMARTS) is 2. The molecule has 0 N–H and O–H groups in total. The van der Waals surface area contributed by atoms with Gasteiger partial charge in [-0.25, -0.2) is 0 Å². The number of nitrogens with zero attached hydrogens (tertiary/aromatic N) is 2. The fourth-order valence-electron chi connectivity index (χ4n) is 1.90. The van der Waals surface area contributed by atoms with Gasteiger partial charge < -0.3 is 24.3 Å². The molecule has 6 heteroatoms. The lowest BCUT2D eigenvalue weighted by Gasteiger charge is -2.34. The molecule has 1 saturated heterocycles. The lowest BCUT2D eigenvalue weighted by atomic mass is 10.3. The zero-order valence-corrected chi connectivity index (χ0v) is 8.06. The van der Waals surface area contributed by atoms with Gasteiger partial charge in [-0.15, -0.1) is 0 Å². The number of likely N-dealkylation sites (N-methyl/N-ethyl adjacent to an activating group) is 1. The van der Waals surface area contributed by atoms with Crippen molar-refractivity contribution in [2.45, 2.75) is 0 Å². The zero-order valence-electron chi connectivity index (χ0n) is 8.06. The van der Waals surface area contributed by atoms with Crippen molar-refractivity contribution in [2.75, 3.05) is 39.9 Å². The fourth-order valence-corrected chi connectivity index (χ4v) is 1.90. The Kier molecular flexibility index (Phi) is 3.07. The molecular weight excluding hydrogens is 188 g/mol. The molecule has 0 radical (unpaired) electrons. The molecule has 1 aliphatic rings. The molecule has 80 valence electrons. The molecule has 1 heterocycles. The topological polar surface area (TPSA) is 83.5 Å². The first kappa shape index (κ1) is 10.9. The summed E-state index contributed by atoms with van der Waals surface area (Å²) in [4.78, 5) is 22.9. The Balaban J connectivity index is 2.69. The van der Waals surface area contributed by atoms with Crippen molar-refractivity contribution in [3.8, 4) is 0 Å². The molecular formula is C8H13N2O4-. The van der Waals surface area contributed by atoms with Crippen LogP contribution in [0.15, 0.2) is 0 Å². The van der Waals surface area contributed by atoms with Crippen LogP contribution in [0.25, 0.3) is 0 Å². The monoisotopic (exact) mass is 201 g/mol. The summed E-state index contributed by atoms with van der Waals surface area (Å²) in [5, 5.41) is 21.0. The standard InChI is InChI=1S/C8H14N2O4/c1-9-2-3-10(6-9,4-7(11)12)5-8(13)14/h2-6H2,1H3,(H-,11,12,13,14)/p-1. The largest absolute Gasteiger partial charge is 0.544 e. The highest BCUT2D eigenvalue weighted by atomic mass is 16.4. The number of carbonyl (C=O) groups is 2. The van der Waals surface area contributed by atoms with Gasteiger partial charge in [-0.05, 0) is 7.05 Å². The predicted molar refractivity (Wildman–Crippen MR) is 42.4 cm³/mol. The van der Waals surface area contributed by atoms with Crippen LogP contribution in [0.5, 0.6) is 0 Å². The summed E-state index contributed by atoms with van der Waals surface area (Å²) >= 11 is 0. The number of hydrogen-bond donors (Lipinski definition) is 0. The van der Waals surface area contributed by atoms with Gasteiger partial charge in [-0.1, -0.05) is 0 Å². The van der Waals surface area contributed by atoms with E-state index in [0.717, 1.165) is 0 Å². The molecule has 1 rings (SSSR count). The van der Waals surface area contributed by atoms with E-state index in [4.69, 9.17) is 0 Å². The van der Waals surface area contributed by atoms with Gasteiger partial charge >= 0.3 is 0 Å². The Morgan fingerprint density at radius 3 is 2.07 bits per heavy atom. The summed E-state index contributed by atoms with van der Waals surface area (Å²) in [6, 6.07) is 0. The second kappa shape index (κ2) is 3.93. The van der Waals surface area contributed by atoms with Crippen molar-refractivity contribution in [3.05, 3.63) is 0 Å². The maximum absolute atomic E-state index is 10.5. The molecule has 0 saturated carbocycles. The van der Waals surface area contributed by atoms with Crippen LogP contribution in [0.3, 0.4) is 0 Å². The Morgan fingerprint density at radius 2 is 1.79 bits per heavy atom. The summed E-state index contributed by atoms with van der Waals surface area (Å²) in [5.74, 6) is -2.44. The molecule has 1 fully saturated rings. The van der Waals surface area contributed by atoms with E-state index in [0.29, 0.717) is 19.8 Å². The highest BCUT2D eigenvalue weighted by Crippen LogP contribution is 2.13. The van der Waals surface area contributed by atoms with E-state index in [2.05, 4.69) is 0 Å². The quantitative estimate of drug-likeness (QED) is 0.436. The fraction of sp³-hybridized carbons (Fsp3) is 0.750. The third kappa shape index (κ3) is 2.68. The highest BCUT2D eigenvalue weighted by molar-refractivity contribution is 5.68. The van der Waals surface area contributed by atoms with Crippen LogP contribution in [0, 0.1) is 0 Å². The molecule has 0 atom stereocenters. The van der Waals surface area contributed by atoms with E-state index < -0.39 is 11.9 Å². The maximum Gasteiger partial charge on any atom is 0.135 e. The summed E-state index contributed by atoms with van der Waals surface area (Å²) in [5.41, 5.74) is 0. The van der Waals surface area contributed by atoms with E-state index in [9.17, 15) is 19.8 Å². The van der Waals surface area contributed by atoms with Crippen LogP contribution in [-0.2, 0) is 9.59 Å². The van der Waals surface area contributed by atoms with Crippen molar-refractivity contribution in [3.63, 3.8) is 0 Å². The van der Waals surface area contributed by atoms with Gasteiger partial charge in [-0.2, -0.15) is 0 Å². The zero-order chi connectivity index (χ0) is 10.8. The van der Waals surface area contributed by atoms with Crippen molar-refractivity contribution >= 4 is 11.9 Å². The SMILES string of the molecule is CN1CC[N+](CC(=O)[O-])(CC(=O)[O-])C1. The van der Waals surface area contributed by atoms with Crippen LogP contribution in [0.2, 0.25) is 0 Å². The number of rotatable bonds is 4. The first-order chi connectivity index (χ1) is 6.43. The number of carbonyl (C=O) groups excluding carboxylic acids is 2. The van der Waals surface area contributed by atoms with Gasteiger partial charge in [0.15, 0.2) is 0 Å². The number of aliphatic carboxylic acids is 2. The second-order valence-corrected chi connectivity index (χ2v) is 3.85. The van der Waals surface area contributed by atoms with Gasteiger partial charge in [-0.3, -0.25) is 4.90 Å². The van der Waals surface area contributed by atoms with Crippen molar-refractivity contribution in [1.82, 2.24) is 4.90 Å². The molecule has 0 unspecified atom stereocenters. The van der Waals surface area contributed by atoms with E-state index in [-0.39, 0.29) is 17.6 Å². The minimum absolute atomic E-state index is 0.00116. The molecule has 0 spiro atoms. The molecule has 0 amide bonds. The molecule has 0 aromatic rings. The predicted octanol–water partition coefficient (Wildman–Crippen LogP) is -3.79. The summed E-state index contributed by atoms with van der Waals surface area (Å²) in [6.07, 6.45) is 0. The molecule has 0 aromatic heterocycles. The van der Waals surface area contributed by atoms with Crippen LogP contribution >= 0.6 is 0 Å². The number of hydrogen-bond acceptors (Lipinski definition) is 5. The minimum atomic E-state index is -1.22. The highest BCUT2D eigenvalue weighted by Gasteiger charge is 2.35. The molecule has 0 aliphatic carbocycles. The van der Waals surface area contributed by atoms with Gasteiger partial charge in [0.25, 0.3) is 0 Å². The third-order valence-corrected chi connectivity index (χ3v) is 2.43. The molecule has 0 bridgehead atoms. The van der Waals surface area contributed by atoms with E-state index in [1.165, 1.54) is 0 Å². The van der Waals surface area contributed by atoms with Crippen LogP contribution in [0.4, 0.5) is 0 Å². The molecule has 6 nitrogen and oxygen atoms in total. The number of carboxylic acids is 2. The number of quaternary nitrogens is 1. The van der Waals surface area contributed by atoms with E-state index >= 15 is 0 Å². The van der Waals surface area contributed by atoms with Gasteiger partial charge in [0.1, 0.15) is 19.8 Å². The summed E-state index contributed by atoms with van der Waals surface area (Å²) < 4.78 is 0.00116. The van der Waals surface area contributed by atoms with E-state index in [1.54, 1.807) is 0 Å². The van der Waals surface area contributed by atoms with E-state index in [1.807, 2.05) is 11.9 Å². The Bertz CT molecular complexity index is 238. The van der Waals surface area contributed by atoms with Crippen LogP contribution in [-0.4, -0.2) is 61.2 Å². The minimum Gasteiger partial charge on any atom is -0.544 e. The second-order valence-electron chi connectivity index (χ2n) is 3.85. The average molecular weight is 201 g/mol. The van der Waals surface area contributed by atoms with Crippen LogP contribution in [0.1, 0.15) is 0 Å². The lowest BCUT2D eigenvalue weighted by molar-refractivity contribution is -0.909. The Labute approximate surface area is 81.9 Å². The first-order valence-electron chi connectivity index (χ1n) is 4.37. The maximum atomic E-state index is 10.5. The Morgan fingerprint density at radius 1 is 1.29 bits per heavy atom. The Hall–Kier alpha value is -1.14. The normalized spacial score (nSPS) is 20.9. The summed E-state index contributed by atoms with van der Waals surface area (Å²) in [7, 11) is 1.82. The molecule has 1 aliphatic heterocycles. The third-order valence-electron chi connectivity index (χ3n) is 2.43. The smallest absolute Gasteiger partial charge is 0.135 e. The molecule has 0 aromatic carbocycles.